The number of carbonyl (C=O) groups is 1. The maximum absolute atomic E-state index is 12.1. The second-order valence-electron chi connectivity index (χ2n) is 4.36. The molecule has 2 rings (SSSR count). The maximum atomic E-state index is 12.1. The Balaban J connectivity index is 1.87. The van der Waals surface area contributed by atoms with Crippen LogP contribution in [0.5, 0.6) is 0 Å². The molecule has 1 unspecified atom stereocenters. The first-order valence-corrected chi connectivity index (χ1v) is 5.75. The van der Waals surface area contributed by atoms with Crippen molar-refractivity contribution in [2.75, 3.05) is 11.9 Å². The van der Waals surface area contributed by atoms with E-state index in [9.17, 15) is 18.0 Å². The van der Waals surface area contributed by atoms with Gasteiger partial charge in [0.1, 0.15) is 6.04 Å². The Bertz CT molecular complexity index is 451. The van der Waals surface area contributed by atoms with Gasteiger partial charge in [0, 0.05) is 12.1 Å². The third kappa shape index (κ3) is 3.17. The first kappa shape index (κ1) is 13.7. The third-order valence-electron chi connectivity index (χ3n) is 2.94. The SMILES string of the molecule is O=C(NCC(O)C(F)(F)F)[C@@H]1Cc2ccccc2N1. The van der Waals surface area contributed by atoms with Gasteiger partial charge in [0.2, 0.25) is 5.91 Å². The molecule has 1 aliphatic rings. The predicted molar refractivity (Wildman–Crippen MR) is 62.6 cm³/mol. The molecule has 4 nitrogen and oxygen atoms in total. The number of aliphatic hydroxyl groups excluding tert-OH is 1. The van der Waals surface area contributed by atoms with Gasteiger partial charge in [-0.2, -0.15) is 13.2 Å². The molecule has 0 fully saturated rings. The van der Waals surface area contributed by atoms with Crippen molar-refractivity contribution in [2.45, 2.75) is 24.7 Å². The van der Waals surface area contributed by atoms with E-state index in [-0.39, 0.29) is 0 Å². The topological polar surface area (TPSA) is 61.4 Å². The zero-order valence-corrected chi connectivity index (χ0v) is 9.87. The van der Waals surface area contributed by atoms with Gasteiger partial charge < -0.3 is 15.7 Å². The summed E-state index contributed by atoms with van der Waals surface area (Å²) in [6.07, 6.45) is -6.84. The summed E-state index contributed by atoms with van der Waals surface area (Å²) in [5.41, 5.74) is 1.75. The zero-order chi connectivity index (χ0) is 14.0. The van der Waals surface area contributed by atoms with E-state index in [0.717, 1.165) is 11.3 Å². The first-order chi connectivity index (χ1) is 8.88. The van der Waals surface area contributed by atoms with E-state index in [2.05, 4.69) is 10.6 Å². The molecule has 0 saturated carbocycles. The number of carbonyl (C=O) groups excluding carboxylic acids is 1. The molecule has 19 heavy (non-hydrogen) atoms. The minimum Gasteiger partial charge on any atom is -0.382 e. The van der Waals surface area contributed by atoms with E-state index >= 15 is 0 Å². The molecule has 3 N–H and O–H groups in total. The van der Waals surface area contributed by atoms with Gasteiger partial charge in [0.15, 0.2) is 6.10 Å². The first-order valence-electron chi connectivity index (χ1n) is 5.75. The number of nitrogens with one attached hydrogen (secondary N) is 2. The minimum atomic E-state index is -4.72. The number of benzene rings is 1. The highest BCUT2D eigenvalue weighted by atomic mass is 19.4. The summed E-state index contributed by atoms with van der Waals surface area (Å²) < 4.78 is 36.2. The van der Waals surface area contributed by atoms with Gasteiger partial charge in [-0.15, -0.1) is 0 Å². The lowest BCUT2D eigenvalue weighted by molar-refractivity contribution is -0.201. The van der Waals surface area contributed by atoms with Gasteiger partial charge in [-0.3, -0.25) is 4.79 Å². The normalized spacial score (nSPS) is 19.5. The fraction of sp³-hybridized carbons (Fsp3) is 0.417. The van der Waals surface area contributed by atoms with Crippen LogP contribution < -0.4 is 10.6 Å². The van der Waals surface area contributed by atoms with Crippen LogP contribution in [0, 0.1) is 0 Å². The van der Waals surface area contributed by atoms with Crippen LogP contribution in [0.1, 0.15) is 5.56 Å². The van der Waals surface area contributed by atoms with Crippen LogP contribution in [0.25, 0.3) is 0 Å². The van der Waals surface area contributed by atoms with Crippen molar-refractivity contribution in [3.63, 3.8) is 0 Å². The van der Waals surface area contributed by atoms with Crippen LogP contribution in [-0.4, -0.2) is 35.9 Å². The molecule has 0 bridgehead atoms. The largest absolute Gasteiger partial charge is 0.416 e. The Labute approximate surface area is 107 Å². The molecule has 1 amide bonds. The molecule has 0 aliphatic carbocycles. The van der Waals surface area contributed by atoms with E-state index < -0.39 is 30.8 Å². The highest BCUT2D eigenvalue weighted by Crippen LogP contribution is 2.25. The maximum Gasteiger partial charge on any atom is 0.416 e. The van der Waals surface area contributed by atoms with Crippen molar-refractivity contribution in [3.8, 4) is 0 Å². The number of alkyl halides is 3. The molecule has 1 aliphatic heterocycles. The average Bonchev–Trinajstić information content (AvgIpc) is 2.78. The molecule has 7 heteroatoms. The Hall–Kier alpha value is -1.76. The number of rotatable bonds is 3. The second kappa shape index (κ2) is 5.08. The smallest absolute Gasteiger partial charge is 0.382 e. The molecular weight excluding hydrogens is 261 g/mol. The summed E-state index contributed by atoms with van der Waals surface area (Å²) >= 11 is 0. The number of para-hydroxylation sites is 1. The van der Waals surface area contributed by atoms with Crippen molar-refractivity contribution < 1.29 is 23.1 Å². The lowest BCUT2D eigenvalue weighted by Crippen LogP contribution is -2.45. The number of halogens is 3. The van der Waals surface area contributed by atoms with Gasteiger partial charge in [-0.25, -0.2) is 0 Å². The van der Waals surface area contributed by atoms with Crippen molar-refractivity contribution in [2.24, 2.45) is 0 Å². The van der Waals surface area contributed by atoms with Crippen molar-refractivity contribution in [1.29, 1.82) is 0 Å². The standard InChI is InChI=1S/C12H13F3N2O2/c13-12(14,15)10(18)6-16-11(19)9-5-7-3-1-2-4-8(7)17-9/h1-4,9-10,17-18H,5-6H2,(H,16,19)/t9-,10?/m0/s1. The van der Waals surface area contributed by atoms with Crippen molar-refractivity contribution >= 4 is 11.6 Å². The number of fused-ring (bicyclic) bond motifs is 1. The Kier molecular flexibility index (Phi) is 3.66. The molecule has 1 aromatic carbocycles. The van der Waals surface area contributed by atoms with Gasteiger partial charge in [0.05, 0.1) is 6.54 Å². The predicted octanol–water partition coefficient (Wildman–Crippen LogP) is 1.06. The van der Waals surface area contributed by atoms with E-state index in [1.165, 1.54) is 0 Å². The summed E-state index contributed by atoms with van der Waals surface area (Å²) in [5, 5.41) is 13.8. The molecule has 104 valence electrons. The second-order valence-corrected chi connectivity index (χ2v) is 4.36. The fourth-order valence-electron chi connectivity index (χ4n) is 1.89. The fourth-order valence-corrected chi connectivity index (χ4v) is 1.89. The van der Waals surface area contributed by atoms with Crippen molar-refractivity contribution in [1.82, 2.24) is 5.32 Å². The quantitative estimate of drug-likeness (QED) is 0.772. The van der Waals surface area contributed by atoms with Gasteiger partial charge >= 0.3 is 6.18 Å². The van der Waals surface area contributed by atoms with Gasteiger partial charge in [-0.1, -0.05) is 18.2 Å². The molecule has 0 aromatic heterocycles. The summed E-state index contributed by atoms with van der Waals surface area (Å²) in [4.78, 5) is 11.7. The van der Waals surface area contributed by atoms with Crippen LogP contribution in [0.15, 0.2) is 24.3 Å². The monoisotopic (exact) mass is 274 g/mol. The molecular formula is C12H13F3N2O2. The third-order valence-corrected chi connectivity index (χ3v) is 2.94. The van der Waals surface area contributed by atoms with Crippen LogP contribution in [-0.2, 0) is 11.2 Å². The number of aliphatic hydroxyl groups is 1. The number of hydrogen-bond acceptors (Lipinski definition) is 3. The molecule has 2 atom stereocenters. The number of hydrogen-bond donors (Lipinski definition) is 3. The van der Waals surface area contributed by atoms with E-state index in [0.29, 0.717) is 6.42 Å². The van der Waals surface area contributed by atoms with E-state index in [1.54, 1.807) is 12.1 Å². The molecule has 1 heterocycles. The molecule has 0 radical (unpaired) electrons. The molecule has 0 saturated heterocycles. The zero-order valence-electron chi connectivity index (χ0n) is 9.87. The van der Waals surface area contributed by atoms with E-state index in [1.807, 2.05) is 12.1 Å². The van der Waals surface area contributed by atoms with Gasteiger partial charge in [0.25, 0.3) is 0 Å². The van der Waals surface area contributed by atoms with E-state index in [4.69, 9.17) is 5.11 Å². The average molecular weight is 274 g/mol. The molecule has 0 spiro atoms. The van der Waals surface area contributed by atoms with Crippen LogP contribution in [0.2, 0.25) is 0 Å². The summed E-state index contributed by atoms with van der Waals surface area (Å²) in [5.74, 6) is -0.556. The summed E-state index contributed by atoms with van der Waals surface area (Å²) in [6, 6.07) is 6.68. The Morgan fingerprint density at radius 3 is 2.79 bits per heavy atom. The van der Waals surface area contributed by atoms with Crippen molar-refractivity contribution in [3.05, 3.63) is 29.8 Å². The molecule has 1 aromatic rings. The minimum absolute atomic E-state index is 0.421. The van der Waals surface area contributed by atoms with Crippen LogP contribution in [0.4, 0.5) is 18.9 Å². The lowest BCUT2D eigenvalue weighted by Gasteiger charge is -2.17. The van der Waals surface area contributed by atoms with Crippen LogP contribution in [0.3, 0.4) is 0 Å². The summed E-state index contributed by atoms with van der Waals surface area (Å²) in [6.45, 7) is -0.836. The lowest BCUT2D eigenvalue weighted by atomic mass is 10.1. The highest BCUT2D eigenvalue weighted by Gasteiger charge is 2.38. The summed E-state index contributed by atoms with van der Waals surface area (Å²) in [7, 11) is 0. The Morgan fingerprint density at radius 2 is 2.16 bits per heavy atom. The number of anilines is 1. The Morgan fingerprint density at radius 1 is 1.47 bits per heavy atom. The van der Waals surface area contributed by atoms with Gasteiger partial charge in [-0.05, 0) is 11.6 Å². The highest BCUT2D eigenvalue weighted by molar-refractivity contribution is 5.87. The van der Waals surface area contributed by atoms with Crippen LogP contribution >= 0.6 is 0 Å². The number of amides is 1.